The second kappa shape index (κ2) is 6.27. The van der Waals surface area contributed by atoms with Crippen molar-refractivity contribution in [3.05, 3.63) is 66.4 Å². The molecular formula is C18H16N4O3. The van der Waals surface area contributed by atoms with Crippen molar-refractivity contribution in [2.45, 2.75) is 6.54 Å². The van der Waals surface area contributed by atoms with Gasteiger partial charge in [-0.3, -0.25) is 9.36 Å². The molecule has 3 heterocycles. The lowest BCUT2D eigenvalue weighted by Gasteiger charge is -2.18. The molecule has 1 aliphatic rings. The van der Waals surface area contributed by atoms with Gasteiger partial charge in [-0.05, 0) is 29.8 Å². The molecule has 0 atom stereocenters. The first-order chi connectivity index (χ1) is 12.2. The van der Waals surface area contributed by atoms with Gasteiger partial charge in [0.25, 0.3) is 5.91 Å². The van der Waals surface area contributed by atoms with Crippen molar-refractivity contribution < 1.29 is 14.3 Å². The minimum Gasteiger partial charge on any atom is -0.454 e. The first kappa shape index (κ1) is 15.2. The highest BCUT2D eigenvalue weighted by molar-refractivity contribution is 5.94. The normalized spacial score (nSPS) is 12.2. The molecule has 126 valence electrons. The molecule has 0 unspecified atom stereocenters. The average Bonchev–Trinajstić information content (AvgIpc) is 3.32. The number of carbonyl (C=O) groups excluding carboxylic acids is 1. The van der Waals surface area contributed by atoms with E-state index in [0.29, 0.717) is 23.7 Å². The summed E-state index contributed by atoms with van der Waals surface area (Å²) in [4.78, 5) is 22.6. The van der Waals surface area contributed by atoms with Crippen molar-refractivity contribution in [2.75, 3.05) is 13.8 Å². The molecule has 0 saturated carbocycles. The number of fused-ring (bicyclic) bond motifs is 1. The standard InChI is InChI=1S/C18H16N4O3/c1-21(10-13-2-3-15-16(8-13)25-12-24-15)18(23)14-4-5-20-17(9-14)22-7-6-19-11-22/h2-9,11H,10,12H2,1H3. The first-order valence-corrected chi connectivity index (χ1v) is 7.79. The summed E-state index contributed by atoms with van der Waals surface area (Å²) in [5.41, 5.74) is 1.55. The average molecular weight is 336 g/mol. The van der Waals surface area contributed by atoms with Crippen molar-refractivity contribution in [1.82, 2.24) is 19.4 Å². The number of hydrogen-bond donors (Lipinski definition) is 0. The van der Waals surface area contributed by atoms with E-state index in [1.165, 1.54) is 0 Å². The molecule has 1 aromatic carbocycles. The van der Waals surface area contributed by atoms with Crippen LogP contribution in [-0.4, -0.2) is 39.2 Å². The number of ether oxygens (including phenoxy) is 2. The van der Waals surface area contributed by atoms with Crippen molar-refractivity contribution in [3.63, 3.8) is 0 Å². The summed E-state index contributed by atoms with van der Waals surface area (Å²) >= 11 is 0. The lowest BCUT2D eigenvalue weighted by molar-refractivity contribution is 0.0785. The van der Waals surface area contributed by atoms with Gasteiger partial charge in [-0.15, -0.1) is 0 Å². The van der Waals surface area contributed by atoms with E-state index in [-0.39, 0.29) is 12.7 Å². The molecule has 0 bridgehead atoms. The van der Waals surface area contributed by atoms with Crippen molar-refractivity contribution in [3.8, 4) is 17.3 Å². The number of aromatic nitrogens is 3. The molecule has 0 saturated heterocycles. The summed E-state index contributed by atoms with van der Waals surface area (Å²) < 4.78 is 12.4. The zero-order valence-electron chi connectivity index (χ0n) is 13.6. The Morgan fingerprint density at radius 3 is 2.92 bits per heavy atom. The van der Waals surface area contributed by atoms with E-state index in [4.69, 9.17) is 9.47 Å². The van der Waals surface area contributed by atoms with Gasteiger partial charge in [-0.2, -0.15) is 0 Å². The zero-order valence-corrected chi connectivity index (χ0v) is 13.6. The molecule has 0 spiro atoms. The van der Waals surface area contributed by atoms with Gasteiger partial charge in [0.1, 0.15) is 12.1 Å². The van der Waals surface area contributed by atoms with Crippen LogP contribution in [0.25, 0.3) is 5.82 Å². The quantitative estimate of drug-likeness (QED) is 0.731. The number of nitrogens with zero attached hydrogens (tertiary/aromatic N) is 4. The fraction of sp³-hybridized carbons (Fsp3) is 0.167. The molecule has 1 amide bonds. The smallest absolute Gasteiger partial charge is 0.254 e. The summed E-state index contributed by atoms with van der Waals surface area (Å²) in [7, 11) is 1.77. The minimum absolute atomic E-state index is 0.0820. The first-order valence-electron chi connectivity index (χ1n) is 7.79. The summed E-state index contributed by atoms with van der Waals surface area (Å²) in [5, 5.41) is 0. The number of imidazole rings is 1. The molecule has 4 rings (SSSR count). The Hall–Kier alpha value is -3.35. The monoisotopic (exact) mass is 336 g/mol. The number of benzene rings is 1. The summed E-state index contributed by atoms with van der Waals surface area (Å²) in [6.45, 7) is 0.708. The summed E-state index contributed by atoms with van der Waals surface area (Å²) in [6, 6.07) is 9.15. The molecule has 7 heteroatoms. The van der Waals surface area contributed by atoms with E-state index >= 15 is 0 Å². The lowest BCUT2D eigenvalue weighted by atomic mass is 10.1. The van der Waals surface area contributed by atoms with Gasteiger partial charge in [0.15, 0.2) is 11.5 Å². The number of rotatable bonds is 4. The van der Waals surface area contributed by atoms with Crippen LogP contribution in [0.5, 0.6) is 11.5 Å². The Kier molecular flexibility index (Phi) is 3.81. The van der Waals surface area contributed by atoms with Crippen LogP contribution in [0, 0.1) is 0 Å². The SMILES string of the molecule is CN(Cc1ccc2c(c1)OCO2)C(=O)c1ccnc(-n2ccnc2)c1. The number of carbonyl (C=O) groups is 1. The Morgan fingerprint density at radius 1 is 1.20 bits per heavy atom. The molecule has 3 aromatic rings. The van der Waals surface area contributed by atoms with E-state index in [9.17, 15) is 4.79 Å². The van der Waals surface area contributed by atoms with Gasteiger partial charge in [0, 0.05) is 37.7 Å². The van der Waals surface area contributed by atoms with Crippen LogP contribution in [-0.2, 0) is 6.54 Å². The van der Waals surface area contributed by atoms with Gasteiger partial charge in [0.2, 0.25) is 6.79 Å². The van der Waals surface area contributed by atoms with Crippen molar-refractivity contribution in [1.29, 1.82) is 0 Å². The third kappa shape index (κ3) is 3.03. The summed E-state index contributed by atoms with van der Waals surface area (Å²) in [6.07, 6.45) is 6.72. The maximum Gasteiger partial charge on any atom is 0.254 e. The minimum atomic E-state index is -0.0820. The fourth-order valence-corrected chi connectivity index (χ4v) is 2.69. The Morgan fingerprint density at radius 2 is 2.08 bits per heavy atom. The second-order valence-electron chi connectivity index (χ2n) is 5.72. The highest BCUT2D eigenvalue weighted by Gasteiger charge is 2.17. The van der Waals surface area contributed by atoms with Crippen molar-refractivity contribution >= 4 is 5.91 Å². The highest BCUT2D eigenvalue weighted by Crippen LogP contribution is 2.32. The second-order valence-corrected chi connectivity index (χ2v) is 5.72. The lowest BCUT2D eigenvalue weighted by Crippen LogP contribution is -2.26. The van der Waals surface area contributed by atoms with E-state index in [1.807, 2.05) is 18.2 Å². The predicted octanol–water partition coefficient (Wildman–Crippen LogP) is 2.27. The van der Waals surface area contributed by atoms with Crippen LogP contribution in [0.15, 0.2) is 55.2 Å². The van der Waals surface area contributed by atoms with Crippen LogP contribution < -0.4 is 9.47 Å². The topological polar surface area (TPSA) is 69.5 Å². The van der Waals surface area contributed by atoms with Crippen LogP contribution in [0.2, 0.25) is 0 Å². The van der Waals surface area contributed by atoms with Gasteiger partial charge in [-0.25, -0.2) is 9.97 Å². The number of hydrogen-bond acceptors (Lipinski definition) is 5. The number of pyridine rings is 1. The maximum atomic E-state index is 12.7. The van der Waals surface area contributed by atoms with Crippen LogP contribution in [0.4, 0.5) is 0 Å². The van der Waals surface area contributed by atoms with Crippen LogP contribution in [0.3, 0.4) is 0 Å². The predicted molar refractivity (Wildman–Crippen MR) is 89.7 cm³/mol. The third-order valence-corrected chi connectivity index (χ3v) is 3.96. The molecule has 0 radical (unpaired) electrons. The molecule has 7 nitrogen and oxygen atoms in total. The molecule has 2 aromatic heterocycles. The summed E-state index contributed by atoms with van der Waals surface area (Å²) in [5.74, 6) is 2.02. The van der Waals surface area contributed by atoms with Gasteiger partial charge in [-0.1, -0.05) is 6.07 Å². The fourth-order valence-electron chi connectivity index (χ4n) is 2.69. The van der Waals surface area contributed by atoms with E-state index < -0.39 is 0 Å². The Bertz CT molecular complexity index is 908. The Labute approximate surface area is 144 Å². The molecule has 0 aliphatic carbocycles. The van der Waals surface area contributed by atoms with E-state index in [2.05, 4.69) is 9.97 Å². The molecule has 0 fully saturated rings. The van der Waals surface area contributed by atoms with Gasteiger partial charge in [0.05, 0.1) is 0 Å². The maximum absolute atomic E-state index is 12.7. The van der Waals surface area contributed by atoms with Gasteiger partial charge < -0.3 is 14.4 Å². The molecular weight excluding hydrogens is 320 g/mol. The Balaban J connectivity index is 1.51. The highest BCUT2D eigenvalue weighted by atomic mass is 16.7. The third-order valence-electron chi connectivity index (χ3n) is 3.96. The van der Waals surface area contributed by atoms with E-state index in [1.54, 1.807) is 53.6 Å². The van der Waals surface area contributed by atoms with Gasteiger partial charge >= 0.3 is 0 Å². The molecule has 1 aliphatic heterocycles. The molecule has 0 N–H and O–H groups in total. The van der Waals surface area contributed by atoms with Crippen molar-refractivity contribution in [2.24, 2.45) is 0 Å². The largest absolute Gasteiger partial charge is 0.454 e. The van der Waals surface area contributed by atoms with Crippen LogP contribution >= 0.6 is 0 Å². The van der Waals surface area contributed by atoms with Crippen LogP contribution in [0.1, 0.15) is 15.9 Å². The zero-order chi connectivity index (χ0) is 17.2. The van der Waals surface area contributed by atoms with E-state index in [0.717, 1.165) is 11.3 Å². The number of amides is 1. The molecule has 25 heavy (non-hydrogen) atoms.